The molecule has 1 aromatic rings. The van der Waals surface area contributed by atoms with Crippen molar-refractivity contribution in [3.8, 4) is 0 Å². The Labute approximate surface area is 123 Å². The van der Waals surface area contributed by atoms with Gasteiger partial charge in [-0.25, -0.2) is 0 Å². The zero-order chi connectivity index (χ0) is 14.4. The summed E-state index contributed by atoms with van der Waals surface area (Å²) in [6.07, 6.45) is 0.959. The van der Waals surface area contributed by atoms with Gasteiger partial charge in [-0.05, 0) is 12.0 Å². The SMILES string of the molecule is CC(=O)NCC(=O)N1CCS[C@H](c2ccccc2)CC1. The van der Waals surface area contributed by atoms with E-state index in [1.807, 2.05) is 22.7 Å². The van der Waals surface area contributed by atoms with E-state index in [1.54, 1.807) is 0 Å². The van der Waals surface area contributed by atoms with E-state index in [9.17, 15) is 9.59 Å². The molecule has 20 heavy (non-hydrogen) atoms. The molecule has 5 heteroatoms. The van der Waals surface area contributed by atoms with Crippen LogP contribution in [0.15, 0.2) is 30.3 Å². The highest BCUT2D eigenvalue weighted by atomic mass is 32.2. The number of hydrogen-bond acceptors (Lipinski definition) is 3. The maximum absolute atomic E-state index is 12.0. The van der Waals surface area contributed by atoms with E-state index >= 15 is 0 Å². The second-order valence-corrected chi connectivity index (χ2v) is 6.16. The molecule has 0 aromatic heterocycles. The summed E-state index contributed by atoms with van der Waals surface area (Å²) in [7, 11) is 0. The average molecular weight is 292 g/mol. The topological polar surface area (TPSA) is 49.4 Å². The number of hydrogen-bond donors (Lipinski definition) is 1. The largest absolute Gasteiger partial charge is 0.347 e. The number of amides is 2. The van der Waals surface area contributed by atoms with Crippen LogP contribution in [0.5, 0.6) is 0 Å². The highest BCUT2D eigenvalue weighted by Gasteiger charge is 2.21. The van der Waals surface area contributed by atoms with Crippen LogP contribution >= 0.6 is 11.8 Å². The Kier molecular flexibility index (Phi) is 5.47. The fourth-order valence-electron chi connectivity index (χ4n) is 2.27. The lowest BCUT2D eigenvalue weighted by molar-refractivity contribution is -0.132. The maximum atomic E-state index is 12.0. The van der Waals surface area contributed by atoms with Gasteiger partial charge >= 0.3 is 0 Å². The van der Waals surface area contributed by atoms with E-state index < -0.39 is 0 Å². The molecule has 0 bridgehead atoms. The summed E-state index contributed by atoms with van der Waals surface area (Å²) < 4.78 is 0. The number of thioether (sulfide) groups is 1. The summed E-state index contributed by atoms with van der Waals surface area (Å²) in [6, 6.07) is 10.4. The van der Waals surface area contributed by atoms with Gasteiger partial charge < -0.3 is 10.2 Å². The van der Waals surface area contributed by atoms with Crippen molar-refractivity contribution in [2.24, 2.45) is 0 Å². The molecule has 1 heterocycles. The summed E-state index contributed by atoms with van der Waals surface area (Å²) >= 11 is 1.90. The third kappa shape index (κ3) is 4.27. The Balaban J connectivity index is 1.89. The van der Waals surface area contributed by atoms with Crippen molar-refractivity contribution in [3.05, 3.63) is 35.9 Å². The molecule has 0 aliphatic carbocycles. The molecule has 1 atom stereocenters. The van der Waals surface area contributed by atoms with Gasteiger partial charge in [0.2, 0.25) is 11.8 Å². The lowest BCUT2D eigenvalue weighted by Gasteiger charge is -2.20. The van der Waals surface area contributed by atoms with Crippen molar-refractivity contribution in [3.63, 3.8) is 0 Å². The standard InChI is InChI=1S/C15H20N2O2S/c1-12(18)16-11-15(19)17-8-7-14(20-10-9-17)13-5-3-2-4-6-13/h2-6,14H,7-11H2,1H3,(H,16,18)/t14-/m0/s1. The fraction of sp³-hybridized carbons (Fsp3) is 0.467. The van der Waals surface area contributed by atoms with E-state index in [0.717, 1.165) is 25.3 Å². The molecule has 4 nitrogen and oxygen atoms in total. The number of nitrogens with zero attached hydrogens (tertiary/aromatic N) is 1. The second kappa shape index (κ2) is 7.33. The molecule has 108 valence electrons. The predicted octanol–water partition coefficient (Wildman–Crippen LogP) is 1.83. The van der Waals surface area contributed by atoms with Gasteiger partial charge in [0, 0.05) is 31.0 Å². The van der Waals surface area contributed by atoms with E-state index in [1.165, 1.54) is 12.5 Å². The molecule has 1 aromatic carbocycles. The minimum atomic E-state index is -0.162. The van der Waals surface area contributed by atoms with Crippen molar-refractivity contribution in [2.75, 3.05) is 25.4 Å². The third-order valence-electron chi connectivity index (χ3n) is 3.35. The van der Waals surface area contributed by atoms with E-state index in [-0.39, 0.29) is 18.4 Å². The smallest absolute Gasteiger partial charge is 0.241 e. The minimum absolute atomic E-state index is 0.00881. The molecule has 1 saturated heterocycles. The van der Waals surface area contributed by atoms with Crippen LogP contribution in [-0.2, 0) is 9.59 Å². The normalized spacial score (nSPS) is 19.2. The van der Waals surface area contributed by atoms with Crippen molar-refractivity contribution in [1.29, 1.82) is 0 Å². The van der Waals surface area contributed by atoms with Crippen molar-refractivity contribution in [1.82, 2.24) is 10.2 Å². The molecule has 1 aliphatic rings. The Morgan fingerprint density at radius 1 is 1.30 bits per heavy atom. The molecule has 2 amide bonds. The first-order valence-corrected chi connectivity index (χ1v) is 7.90. The van der Waals surface area contributed by atoms with Crippen molar-refractivity contribution < 1.29 is 9.59 Å². The number of benzene rings is 1. The summed E-state index contributed by atoms with van der Waals surface area (Å²) in [4.78, 5) is 24.7. The van der Waals surface area contributed by atoms with E-state index in [4.69, 9.17) is 0 Å². The van der Waals surface area contributed by atoms with Gasteiger partial charge in [0.15, 0.2) is 0 Å². The molecular formula is C15H20N2O2S. The summed E-state index contributed by atoms with van der Waals surface area (Å²) in [5, 5.41) is 3.02. The van der Waals surface area contributed by atoms with Gasteiger partial charge in [-0.15, -0.1) is 0 Å². The van der Waals surface area contributed by atoms with Gasteiger partial charge in [-0.2, -0.15) is 11.8 Å². The molecule has 1 fully saturated rings. The molecule has 2 rings (SSSR count). The number of nitrogens with one attached hydrogen (secondary N) is 1. The Hall–Kier alpha value is -1.49. The van der Waals surface area contributed by atoms with Gasteiger partial charge in [-0.1, -0.05) is 30.3 Å². The maximum Gasteiger partial charge on any atom is 0.241 e. The van der Waals surface area contributed by atoms with Crippen LogP contribution in [0.3, 0.4) is 0 Å². The molecular weight excluding hydrogens is 272 g/mol. The number of carbonyl (C=O) groups is 2. The van der Waals surface area contributed by atoms with E-state index in [0.29, 0.717) is 5.25 Å². The van der Waals surface area contributed by atoms with Gasteiger partial charge in [0.25, 0.3) is 0 Å². The number of rotatable bonds is 3. The average Bonchev–Trinajstić information content (AvgIpc) is 2.71. The van der Waals surface area contributed by atoms with Gasteiger partial charge in [-0.3, -0.25) is 9.59 Å². The van der Waals surface area contributed by atoms with Gasteiger partial charge in [0.1, 0.15) is 0 Å². The quantitative estimate of drug-likeness (QED) is 0.924. The molecule has 1 aliphatic heterocycles. The van der Waals surface area contributed by atoms with Crippen LogP contribution < -0.4 is 5.32 Å². The second-order valence-electron chi connectivity index (χ2n) is 4.85. The lowest BCUT2D eigenvalue weighted by atomic mass is 10.1. The van der Waals surface area contributed by atoms with Crippen LogP contribution in [0.2, 0.25) is 0 Å². The molecule has 0 radical (unpaired) electrons. The van der Waals surface area contributed by atoms with Crippen LogP contribution in [0.4, 0.5) is 0 Å². The first-order valence-electron chi connectivity index (χ1n) is 6.85. The summed E-state index contributed by atoms with van der Waals surface area (Å²) in [5.41, 5.74) is 1.33. The van der Waals surface area contributed by atoms with Crippen molar-refractivity contribution in [2.45, 2.75) is 18.6 Å². The number of carbonyl (C=O) groups excluding carboxylic acids is 2. The Bertz CT molecular complexity index is 464. The zero-order valence-corrected chi connectivity index (χ0v) is 12.5. The van der Waals surface area contributed by atoms with Gasteiger partial charge in [0.05, 0.1) is 6.54 Å². The summed E-state index contributed by atoms with van der Waals surface area (Å²) in [5.74, 6) is 0.782. The van der Waals surface area contributed by atoms with Crippen LogP contribution in [0.25, 0.3) is 0 Å². The highest BCUT2D eigenvalue weighted by Crippen LogP contribution is 2.34. The molecule has 0 saturated carbocycles. The van der Waals surface area contributed by atoms with Crippen LogP contribution in [0, 0.1) is 0 Å². The Morgan fingerprint density at radius 2 is 2.05 bits per heavy atom. The lowest BCUT2D eigenvalue weighted by Crippen LogP contribution is -2.40. The van der Waals surface area contributed by atoms with E-state index in [2.05, 4.69) is 29.6 Å². The Morgan fingerprint density at radius 3 is 2.75 bits per heavy atom. The summed E-state index contributed by atoms with van der Waals surface area (Å²) in [6.45, 7) is 3.05. The van der Waals surface area contributed by atoms with Crippen LogP contribution in [0.1, 0.15) is 24.2 Å². The third-order valence-corrected chi connectivity index (χ3v) is 4.68. The minimum Gasteiger partial charge on any atom is -0.347 e. The zero-order valence-electron chi connectivity index (χ0n) is 11.7. The monoisotopic (exact) mass is 292 g/mol. The predicted molar refractivity (Wildman–Crippen MR) is 81.5 cm³/mol. The van der Waals surface area contributed by atoms with Crippen LogP contribution in [-0.4, -0.2) is 42.1 Å². The molecule has 0 unspecified atom stereocenters. The van der Waals surface area contributed by atoms with Crippen molar-refractivity contribution >= 4 is 23.6 Å². The molecule has 1 N–H and O–H groups in total. The fourth-order valence-corrected chi connectivity index (χ4v) is 3.50. The highest BCUT2D eigenvalue weighted by molar-refractivity contribution is 7.99. The first-order chi connectivity index (χ1) is 9.66. The first kappa shape index (κ1) is 14.9. The molecule has 0 spiro atoms.